The lowest BCUT2D eigenvalue weighted by molar-refractivity contribution is -0.0582. The van der Waals surface area contributed by atoms with Crippen LogP contribution >= 0.6 is 0 Å². The maximum absolute atomic E-state index is 5.82. The van der Waals surface area contributed by atoms with Gasteiger partial charge in [-0.3, -0.25) is 0 Å². The van der Waals surface area contributed by atoms with E-state index in [0.29, 0.717) is 50.1 Å². The average Bonchev–Trinajstić information content (AvgIpc) is 1.80. The van der Waals surface area contributed by atoms with Crippen LogP contribution in [0.15, 0.2) is 0 Å². The van der Waals surface area contributed by atoms with Gasteiger partial charge in [-0.2, -0.15) is 0 Å². The monoisotopic (exact) mass is 1440 g/mol. The van der Waals surface area contributed by atoms with Crippen LogP contribution in [0.1, 0.15) is 385 Å². The summed E-state index contributed by atoms with van der Waals surface area (Å²) in [4.78, 5) is 0. The molecule has 103 heavy (non-hydrogen) atoms. The van der Waals surface area contributed by atoms with Gasteiger partial charge in [-0.1, -0.05) is 212 Å². The van der Waals surface area contributed by atoms with Crippen molar-refractivity contribution in [3.8, 4) is 0 Å². The molecule has 15 unspecified atom stereocenters. The quantitative estimate of drug-likeness (QED) is 0.204. The van der Waals surface area contributed by atoms with Gasteiger partial charge in [0.15, 0.2) is 0 Å². The lowest BCUT2D eigenvalue weighted by Crippen LogP contribution is -2.51. The molecule has 19 fully saturated rings. The number of fused-ring (bicyclic) bond motifs is 19. The SMILES string of the molecule is C.CC(C)(C)C1CC2CCC(C1)O2.CC(C)(C)C1CC2CCC1CC2.CC(C)(C)CC1C2CCC1CNC2.CC(C)(C)CC1C2CCCC1CC2.CC(C)(C)CC1C2CNCC1COC2.CC(C)(C)CC1CC2CCC(C1)N2.CC(C)(C)CC1CC2CCC1CN2.CC(C)CC1CC2CCC1CC2. The fourth-order valence-electron chi connectivity index (χ4n) is 25.6. The van der Waals surface area contributed by atoms with E-state index in [4.69, 9.17) is 9.47 Å². The minimum atomic E-state index is 0. The highest BCUT2D eigenvalue weighted by Crippen LogP contribution is 2.54. The van der Waals surface area contributed by atoms with Crippen molar-refractivity contribution in [2.45, 2.75) is 415 Å². The summed E-state index contributed by atoms with van der Waals surface area (Å²) >= 11 is 0. The van der Waals surface area contributed by atoms with E-state index in [1.165, 1.54) is 193 Å². The minimum Gasteiger partial charge on any atom is -0.381 e. The van der Waals surface area contributed by atoms with E-state index in [1.54, 1.807) is 44.9 Å². The molecule has 9 heterocycles. The van der Waals surface area contributed by atoms with Crippen LogP contribution in [0.3, 0.4) is 0 Å². The molecule has 10 saturated carbocycles. The summed E-state index contributed by atoms with van der Waals surface area (Å²) in [5.41, 5.74) is 3.68. The van der Waals surface area contributed by atoms with E-state index < -0.39 is 0 Å². The van der Waals surface area contributed by atoms with Crippen molar-refractivity contribution in [1.82, 2.24) is 21.3 Å². The predicted molar refractivity (Wildman–Crippen MR) is 449 cm³/mol. The zero-order chi connectivity index (χ0) is 74.2. The Morgan fingerprint density at radius 2 is 0.757 bits per heavy atom. The van der Waals surface area contributed by atoms with Crippen LogP contribution in [-0.4, -0.2) is 76.3 Å². The van der Waals surface area contributed by atoms with Gasteiger partial charge in [0.05, 0.1) is 25.4 Å². The Hall–Kier alpha value is -0.240. The molecule has 10 aliphatic carbocycles. The molecular weight excluding hydrogens is 1250 g/mol. The fraction of sp³-hybridized carbons (Fsp3) is 1.00. The van der Waals surface area contributed by atoms with Crippen LogP contribution in [0, 0.1) is 156 Å². The summed E-state index contributed by atoms with van der Waals surface area (Å²) in [6, 6.07) is 2.59. The Labute approximate surface area is 644 Å². The molecule has 4 N–H and O–H groups in total. The van der Waals surface area contributed by atoms with Gasteiger partial charge >= 0.3 is 0 Å². The second-order valence-corrected chi connectivity index (χ2v) is 48.1. The Morgan fingerprint density at radius 3 is 1.14 bits per heavy atom. The molecule has 9 saturated heterocycles. The number of hydrogen-bond donors (Lipinski definition) is 4. The summed E-state index contributed by atoms with van der Waals surface area (Å²) in [6.45, 7) is 63.0. The molecule has 0 aromatic rings. The van der Waals surface area contributed by atoms with Gasteiger partial charge in [-0.15, -0.1) is 0 Å². The van der Waals surface area contributed by atoms with Gasteiger partial charge in [0, 0.05) is 31.2 Å². The first kappa shape index (κ1) is 88.3. The van der Waals surface area contributed by atoms with E-state index in [9.17, 15) is 0 Å². The average molecular weight is 1440 g/mol. The Morgan fingerprint density at radius 1 is 0.340 bits per heavy atom. The lowest BCUT2D eigenvalue weighted by atomic mass is 9.57. The third-order valence-electron chi connectivity index (χ3n) is 30.2. The second kappa shape index (κ2) is 38.5. The third kappa shape index (κ3) is 29.0. The lowest BCUT2D eigenvalue weighted by Gasteiger charge is -2.48. The van der Waals surface area contributed by atoms with Crippen LogP contribution in [0.25, 0.3) is 0 Å². The first-order chi connectivity index (χ1) is 47.6. The molecule has 0 aromatic carbocycles. The Kier molecular flexibility index (Phi) is 33.0. The molecule has 16 bridgehead atoms. The Balaban J connectivity index is 0.000000149. The van der Waals surface area contributed by atoms with Crippen molar-refractivity contribution in [3.63, 3.8) is 0 Å². The van der Waals surface area contributed by atoms with Crippen LogP contribution < -0.4 is 21.3 Å². The molecule has 19 rings (SSSR count). The van der Waals surface area contributed by atoms with Crippen LogP contribution in [0.4, 0.5) is 0 Å². The zero-order valence-corrected chi connectivity index (χ0v) is 72.7. The summed E-state index contributed by atoms with van der Waals surface area (Å²) in [6.07, 6.45) is 51.3. The van der Waals surface area contributed by atoms with E-state index in [-0.39, 0.29) is 7.43 Å². The van der Waals surface area contributed by atoms with Crippen molar-refractivity contribution >= 4 is 0 Å². The van der Waals surface area contributed by atoms with Crippen molar-refractivity contribution in [2.75, 3.05) is 45.9 Å². The number of nitrogens with one attached hydrogen (secondary N) is 4. The fourth-order valence-corrected chi connectivity index (χ4v) is 25.6. The molecule has 604 valence electrons. The maximum Gasteiger partial charge on any atom is 0.0582 e. The molecule has 6 nitrogen and oxygen atoms in total. The van der Waals surface area contributed by atoms with E-state index in [2.05, 4.69) is 181 Å². The first-order valence-corrected chi connectivity index (χ1v) is 45.8. The third-order valence-corrected chi connectivity index (χ3v) is 30.2. The molecule has 0 spiro atoms. The molecular formula is C97H184N4O2. The van der Waals surface area contributed by atoms with Crippen LogP contribution in [0.2, 0.25) is 0 Å². The number of piperidine rings is 5. The van der Waals surface area contributed by atoms with E-state index >= 15 is 0 Å². The van der Waals surface area contributed by atoms with Gasteiger partial charge in [0.1, 0.15) is 0 Å². The van der Waals surface area contributed by atoms with Gasteiger partial charge in [-0.05, 0) is 349 Å². The van der Waals surface area contributed by atoms with Crippen molar-refractivity contribution < 1.29 is 9.47 Å². The van der Waals surface area contributed by atoms with Gasteiger partial charge in [-0.25, -0.2) is 0 Å². The standard InChI is InChI=1S/C13H24.C12H23NO.3C12H23N.2C12H22.C11H20O.CH4/c1-13(2,3)9-12-10-5-4-6-11(12)8-7-10;1-12(2,3)4-11-9-5-13-6-10(11)8-14-7-9;1-12(2,3)8-9-6-10-4-5-11(7-9)13-10;1-12(2,3)7-10-6-11-5-4-9(10)8-13-11;1-12(2,3)6-11-9-4-5-10(11)8-13-7-9;1-12(2,3)11-8-9-4-6-10(11)7-5-9;1-9(2)7-12-8-10-3-5-11(12)6-4-10;1-11(2,3)8-6-9-4-5-10(7-8)12-9;/h10-12H,4-9H2,1-3H3;9-11,13H,4-8H2,1-3H3;3*9-11,13H,4-8H2,1-3H3;9-11H,4-8H2,1-3H3;9-12H,3-8H2,1-2H3;8-10H,4-7H2,1-3H3;1H4. The van der Waals surface area contributed by atoms with E-state index in [0.717, 1.165) is 163 Å². The number of rotatable bonds is 7. The largest absolute Gasteiger partial charge is 0.381 e. The molecule has 15 atom stereocenters. The minimum absolute atomic E-state index is 0. The zero-order valence-electron chi connectivity index (χ0n) is 72.7. The number of ether oxygens (including phenoxy) is 2. The highest BCUT2D eigenvalue weighted by Gasteiger charge is 2.46. The second-order valence-electron chi connectivity index (χ2n) is 48.1. The van der Waals surface area contributed by atoms with Crippen LogP contribution in [-0.2, 0) is 9.47 Å². The molecule has 9 aliphatic heterocycles. The summed E-state index contributed by atoms with van der Waals surface area (Å²) < 4.78 is 11.5. The van der Waals surface area contributed by atoms with Crippen molar-refractivity contribution in [1.29, 1.82) is 0 Å². The van der Waals surface area contributed by atoms with E-state index in [1.807, 2.05) is 0 Å². The molecule has 0 amide bonds. The molecule has 0 aromatic heterocycles. The van der Waals surface area contributed by atoms with Crippen LogP contribution in [0.5, 0.6) is 0 Å². The maximum atomic E-state index is 5.82. The topological polar surface area (TPSA) is 66.6 Å². The molecule has 0 radical (unpaired) electrons. The Bertz CT molecular complexity index is 2230. The summed E-state index contributed by atoms with van der Waals surface area (Å²) in [7, 11) is 0. The predicted octanol–water partition coefficient (Wildman–Crippen LogP) is 25.9. The van der Waals surface area contributed by atoms with Gasteiger partial charge in [0.25, 0.3) is 0 Å². The highest BCUT2D eigenvalue weighted by atomic mass is 16.5. The van der Waals surface area contributed by atoms with Crippen molar-refractivity contribution in [3.05, 3.63) is 0 Å². The van der Waals surface area contributed by atoms with Gasteiger partial charge in [0.2, 0.25) is 0 Å². The summed E-state index contributed by atoms with van der Waals surface area (Å²) in [5.74, 6) is 20.1. The van der Waals surface area contributed by atoms with Crippen molar-refractivity contribution in [2.24, 2.45) is 156 Å². The van der Waals surface area contributed by atoms with Gasteiger partial charge < -0.3 is 30.7 Å². The summed E-state index contributed by atoms with van der Waals surface area (Å²) in [5, 5.41) is 14.4. The number of hydrogen-bond acceptors (Lipinski definition) is 6. The highest BCUT2D eigenvalue weighted by molar-refractivity contribution is 4.98. The first-order valence-electron chi connectivity index (χ1n) is 45.8. The normalized spacial score (nSPS) is 39.6. The molecule has 19 aliphatic rings. The molecule has 6 heteroatoms. The smallest absolute Gasteiger partial charge is 0.0582 e.